The fraction of sp³-hybridized carbons (Fsp3) is 0.111. The number of alkyl halides is 3. The molecule has 0 saturated heterocycles. The SMILES string of the molecule is O=C(Cc1cccc(C(F)(F)F)c1)Nc1nc(-c2ccc(Cl)cc2)cs1. The van der Waals surface area contributed by atoms with Gasteiger partial charge in [0.15, 0.2) is 5.13 Å². The maximum atomic E-state index is 12.7. The first-order valence-corrected chi connectivity index (χ1v) is 8.74. The van der Waals surface area contributed by atoms with Crippen LogP contribution in [0.3, 0.4) is 0 Å². The lowest BCUT2D eigenvalue weighted by Crippen LogP contribution is -2.15. The zero-order valence-corrected chi connectivity index (χ0v) is 14.8. The van der Waals surface area contributed by atoms with E-state index in [-0.39, 0.29) is 12.0 Å². The summed E-state index contributed by atoms with van der Waals surface area (Å²) in [4.78, 5) is 16.4. The van der Waals surface area contributed by atoms with Crippen molar-refractivity contribution in [1.82, 2.24) is 4.98 Å². The maximum Gasteiger partial charge on any atom is 0.416 e. The highest BCUT2D eigenvalue weighted by Gasteiger charge is 2.30. The highest BCUT2D eigenvalue weighted by molar-refractivity contribution is 7.14. The first-order valence-electron chi connectivity index (χ1n) is 7.49. The minimum atomic E-state index is -4.44. The fourth-order valence-corrected chi connectivity index (χ4v) is 3.15. The molecule has 0 spiro atoms. The third-order valence-corrected chi connectivity index (χ3v) is 4.52. The Morgan fingerprint density at radius 2 is 1.88 bits per heavy atom. The van der Waals surface area contributed by atoms with E-state index < -0.39 is 17.6 Å². The predicted molar refractivity (Wildman–Crippen MR) is 96.3 cm³/mol. The molecular weight excluding hydrogens is 385 g/mol. The van der Waals surface area contributed by atoms with Crippen LogP contribution in [0.5, 0.6) is 0 Å². The van der Waals surface area contributed by atoms with E-state index in [1.165, 1.54) is 23.5 Å². The second-order valence-corrected chi connectivity index (χ2v) is 6.76. The smallest absolute Gasteiger partial charge is 0.302 e. The molecule has 1 aromatic heterocycles. The van der Waals surface area contributed by atoms with E-state index in [0.29, 0.717) is 15.8 Å². The van der Waals surface area contributed by atoms with Crippen LogP contribution >= 0.6 is 22.9 Å². The largest absolute Gasteiger partial charge is 0.416 e. The highest BCUT2D eigenvalue weighted by atomic mass is 35.5. The average Bonchev–Trinajstić information content (AvgIpc) is 3.03. The van der Waals surface area contributed by atoms with Crippen LogP contribution in [0.1, 0.15) is 11.1 Å². The van der Waals surface area contributed by atoms with Gasteiger partial charge in [-0.25, -0.2) is 4.98 Å². The van der Waals surface area contributed by atoms with Crippen LogP contribution in [0.25, 0.3) is 11.3 Å². The number of carbonyl (C=O) groups is 1. The number of halogens is 4. The number of nitrogens with one attached hydrogen (secondary N) is 1. The molecule has 0 aliphatic carbocycles. The van der Waals surface area contributed by atoms with E-state index in [1.54, 1.807) is 17.5 Å². The van der Waals surface area contributed by atoms with Crippen molar-refractivity contribution in [2.24, 2.45) is 0 Å². The second kappa shape index (κ2) is 7.47. The summed E-state index contributed by atoms with van der Waals surface area (Å²) < 4.78 is 38.2. The number of hydrogen-bond donors (Lipinski definition) is 1. The van der Waals surface area contributed by atoms with Gasteiger partial charge in [-0.2, -0.15) is 13.2 Å². The Kier molecular flexibility index (Phi) is 5.29. The Bertz CT molecular complexity index is 923. The van der Waals surface area contributed by atoms with E-state index in [4.69, 9.17) is 11.6 Å². The number of benzene rings is 2. The standard InChI is InChI=1S/C18H12ClF3N2OS/c19-14-6-4-12(5-7-14)15-10-26-17(23-15)24-16(25)9-11-2-1-3-13(8-11)18(20,21)22/h1-8,10H,9H2,(H,23,24,25). The Labute approximate surface area is 156 Å². The highest BCUT2D eigenvalue weighted by Crippen LogP contribution is 2.30. The lowest BCUT2D eigenvalue weighted by molar-refractivity contribution is -0.137. The molecule has 0 aliphatic rings. The molecule has 0 aliphatic heterocycles. The number of thiazole rings is 1. The molecule has 3 aromatic rings. The molecule has 0 atom stereocenters. The van der Waals surface area contributed by atoms with E-state index in [2.05, 4.69) is 10.3 Å². The van der Waals surface area contributed by atoms with Crippen molar-refractivity contribution in [3.05, 3.63) is 70.1 Å². The van der Waals surface area contributed by atoms with E-state index in [1.807, 2.05) is 12.1 Å². The molecule has 3 nitrogen and oxygen atoms in total. The summed E-state index contributed by atoms with van der Waals surface area (Å²) in [5.74, 6) is -0.429. The Hall–Kier alpha value is -2.38. The molecular formula is C18H12ClF3N2OS. The van der Waals surface area contributed by atoms with Crippen LogP contribution in [-0.2, 0) is 17.4 Å². The van der Waals surface area contributed by atoms with Gasteiger partial charge in [0, 0.05) is 16.0 Å². The minimum absolute atomic E-state index is 0.167. The molecule has 0 bridgehead atoms. The fourth-order valence-electron chi connectivity index (χ4n) is 2.29. The Morgan fingerprint density at radius 3 is 2.58 bits per heavy atom. The minimum Gasteiger partial charge on any atom is -0.302 e. The van der Waals surface area contributed by atoms with Gasteiger partial charge < -0.3 is 5.32 Å². The van der Waals surface area contributed by atoms with Gasteiger partial charge in [0.25, 0.3) is 0 Å². The van der Waals surface area contributed by atoms with Crippen molar-refractivity contribution in [2.45, 2.75) is 12.6 Å². The van der Waals surface area contributed by atoms with Crippen LogP contribution in [0.2, 0.25) is 5.02 Å². The number of carbonyl (C=O) groups excluding carboxylic acids is 1. The summed E-state index contributed by atoms with van der Waals surface area (Å²) in [5.41, 5.74) is 1.04. The lowest BCUT2D eigenvalue weighted by Gasteiger charge is -2.08. The molecule has 2 aromatic carbocycles. The monoisotopic (exact) mass is 396 g/mol. The first-order chi connectivity index (χ1) is 12.3. The molecule has 0 radical (unpaired) electrons. The second-order valence-electron chi connectivity index (χ2n) is 5.47. The summed E-state index contributed by atoms with van der Waals surface area (Å²) >= 11 is 7.08. The molecule has 8 heteroatoms. The lowest BCUT2D eigenvalue weighted by atomic mass is 10.1. The van der Waals surface area contributed by atoms with Crippen molar-refractivity contribution in [1.29, 1.82) is 0 Å². The van der Waals surface area contributed by atoms with E-state index in [0.717, 1.165) is 17.7 Å². The molecule has 1 heterocycles. The van der Waals surface area contributed by atoms with Gasteiger partial charge in [0.05, 0.1) is 17.7 Å². The molecule has 0 fully saturated rings. The third-order valence-electron chi connectivity index (χ3n) is 3.51. The van der Waals surface area contributed by atoms with Gasteiger partial charge in [0.1, 0.15) is 0 Å². The number of anilines is 1. The molecule has 1 N–H and O–H groups in total. The quantitative estimate of drug-likeness (QED) is 0.618. The average molecular weight is 397 g/mol. The number of hydrogen-bond acceptors (Lipinski definition) is 3. The number of nitrogens with zero attached hydrogens (tertiary/aromatic N) is 1. The van der Waals surface area contributed by atoms with Crippen LogP contribution < -0.4 is 5.32 Å². The molecule has 0 unspecified atom stereocenters. The molecule has 134 valence electrons. The number of amides is 1. The van der Waals surface area contributed by atoms with Crippen molar-refractivity contribution in [2.75, 3.05) is 5.32 Å². The summed E-state index contributed by atoms with van der Waals surface area (Å²) in [6.07, 6.45) is -4.60. The van der Waals surface area contributed by atoms with Crippen LogP contribution in [0.4, 0.5) is 18.3 Å². The zero-order valence-electron chi connectivity index (χ0n) is 13.2. The molecule has 1 amide bonds. The van der Waals surface area contributed by atoms with Gasteiger partial charge in [0.2, 0.25) is 5.91 Å². The summed E-state index contributed by atoms with van der Waals surface area (Å²) in [6.45, 7) is 0. The van der Waals surface area contributed by atoms with Gasteiger partial charge in [-0.3, -0.25) is 4.79 Å². The third kappa shape index (κ3) is 4.62. The van der Waals surface area contributed by atoms with Crippen molar-refractivity contribution in [3.63, 3.8) is 0 Å². The molecule has 0 saturated carbocycles. The first kappa shape index (κ1) is 18.4. The molecule has 3 rings (SSSR count). The normalized spacial score (nSPS) is 11.4. The number of aromatic nitrogens is 1. The predicted octanol–water partition coefficient (Wildman–Crippen LogP) is 5.66. The van der Waals surface area contributed by atoms with Gasteiger partial charge in [-0.15, -0.1) is 11.3 Å². The van der Waals surface area contributed by atoms with Crippen molar-refractivity contribution < 1.29 is 18.0 Å². The summed E-state index contributed by atoms with van der Waals surface area (Å²) in [6, 6.07) is 11.8. The topological polar surface area (TPSA) is 42.0 Å². The maximum absolute atomic E-state index is 12.7. The van der Waals surface area contributed by atoms with Gasteiger partial charge in [-0.1, -0.05) is 41.9 Å². The van der Waals surface area contributed by atoms with Crippen LogP contribution in [0, 0.1) is 0 Å². The van der Waals surface area contributed by atoms with Crippen LogP contribution in [-0.4, -0.2) is 10.9 Å². The van der Waals surface area contributed by atoms with Gasteiger partial charge >= 0.3 is 6.18 Å². The Balaban J connectivity index is 1.67. The Morgan fingerprint density at radius 1 is 1.15 bits per heavy atom. The zero-order chi connectivity index (χ0) is 18.7. The van der Waals surface area contributed by atoms with E-state index >= 15 is 0 Å². The van der Waals surface area contributed by atoms with Gasteiger partial charge in [-0.05, 0) is 23.8 Å². The van der Waals surface area contributed by atoms with Crippen molar-refractivity contribution in [3.8, 4) is 11.3 Å². The summed E-state index contributed by atoms with van der Waals surface area (Å²) in [7, 11) is 0. The number of rotatable bonds is 4. The van der Waals surface area contributed by atoms with E-state index in [9.17, 15) is 18.0 Å². The van der Waals surface area contributed by atoms with Crippen molar-refractivity contribution >= 4 is 34.0 Å². The molecule has 26 heavy (non-hydrogen) atoms. The summed E-state index contributed by atoms with van der Waals surface area (Å²) in [5, 5.41) is 5.38. The van der Waals surface area contributed by atoms with Crippen LogP contribution in [0.15, 0.2) is 53.9 Å².